The molecular formula is C19H22N2O5. The van der Waals surface area contributed by atoms with Gasteiger partial charge in [0.2, 0.25) is 5.91 Å². The third-order valence-electron chi connectivity index (χ3n) is 3.61. The quantitative estimate of drug-likeness (QED) is 0.702. The summed E-state index contributed by atoms with van der Waals surface area (Å²) in [5.41, 5.74) is 1.96. The van der Waals surface area contributed by atoms with Crippen LogP contribution in [0.5, 0.6) is 0 Å². The second-order valence-corrected chi connectivity index (χ2v) is 6.47. The van der Waals surface area contributed by atoms with E-state index in [2.05, 4.69) is 10.6 Å². The molecule has 0 fully saturated rings. The van der Waals surface area contributed by atoms with E-state index in [0.717, 1.165) is 0 Å². The first-order chi connectivity index (χ1) is 12.3. The number of benzene rings is 1. The Morgan fingerprint density at radius 2 is 1.65 bits per heavy atom. The first-order valence-corrected chi connectivity index (χ1v) is 8.26. The number of carboxylic acid groups (broad SMARTS) is 1. The highest BCUT2D eigenvalue weighted by Gasteiger charge is 2.20. The molecule has 2 amide bonds. The van der Waals surface area contributed by atoms with Crippen LogP contribution in [0.25, 0.3) is 0 Å². The highest BCUT2D eigenvalue weighted by molar-refractivity contribution is 6.06. The summed E-state index contributed by atoms with van der Waals surface area (Å²) in [6, 6.07) is 6.70. The van der Waals surface area contributed by atoms with Crippen molar-refractivity contribution in [2.45, 2.75) is 33.6 Å². The zero-order valence-corrected chi connectivity index (χ0v) is 15.0. The second kappa shape index (κ2) is 8.33. The molecule has 0 saturated heterocycles. The Balaban J connectivity index is 2.05. The van der Waals surface area contributed by atoms with Crippen molar-refractivity contribution in [3.8, 4) is 0 Å². The number of carboxylic acids is 1. The van der Waals surface area contributed by atoms with Gasteiger partial charge in [-0.1, -0.05) is 13.8 Å². The molecule has 7 heteroatoms. The van der Waals surface area contributed by atoms with Crippen LogP contribution in [0.1, 0.15) is 41.9 Å². The Kier molecular flexibility index (Phi) is 6.16. The topological polar surface area (TPSA) is 109 Å². The summed E-state index contributed by atoms with van der Waals surface area (Å²) in [6.45, 7) is 5.61. The zero-order valence-electron chi connectivity index (χ0n) is 15.0. The monoisotopic (exact) mass is 358 g/mol. The number of amides is 2. The lowest BCUT2D eigenvalue weighted by molar-refractivity contribution is -0.136. The molecule has 0 aliphatic carbocycles. The third-order valence-corrected chi connectivity index (χ3v) is 3.61. The van der Waals surface area contributed by atoms with Crippen molar-refractivity contribution in [2.75, 3.05) is 10.6 Å². The molecule has 0 aliphatic rings. The summed E-state index contributed by atoms with van der Waals surface area (Å²) in [4.78, 5) is 35.1. The lowest BCUT2D eigenvalue weighted by atomic mass is 10.1. The molecule has 0 aliphatic heterocycles. The predicted octanol–water partition coefficient (Wildman–Crippen LogP) is 3.45. The minimum Gasteiger partial charge on any atom is -0.481 e. The van der Waals surface area contributed by atoms with E-state index in [0.29, 0.717) is 23.4 Å². The minimum atomic E-state index is -1.07. The Labute approximate surface area is 151 Å². The van der Waals surface area contributed by atoms with Crippen LogP contribution in [0.2, 0.25) is 0 Å². The van der Waals surface area contributed by atoms with Crippen molar-refractivity contribution in [1.29, 1.82) is 0 Å². The molecule has 1 heterocycles. The number of carbonyl (C=O) groups is 3. The van der Waals surface area contributed by atoms with Gasteiger partial charge < -0.3 is 20.2 Å². The number of hydrogen-bond acceptors (Lipinski definition) is 4. The SMILES string of the molecule is Cc1coc(CC(=O)O)c1C(=O)Nc1ccc(NC(=O)CC(C)C)cc1. The number of aryl methyl sites for hydroxylation is 1. The fraction of sp³-hybridized carbons (Fsp3) is 0.316. The number of hydrogen-bond donors (Lipinski definition) is 3. The third kappa shape index (κ3) is 5.20. The van der Waals surface area contributed by atoms with Crippen LogP contribution in [0, 0.1) is 12.8 Å². The van der Waals surface area contributed by atoms with Crippen LogP contribution >= 0.6 is 0 Å². The van der Waals surface area contributed by atoms with Gasteiger partial charge in [0, 0.05) is 23.4 Å². The first-order valence-electron chi connectivity index (χ1n) is 8.26. The van der Waals surface area contributed by atoms with Gasteiger partial charge in [-0.2, -0.15) is 0 Å². The lowest BCUT2D eigenvalue weighted by Crippen LogP contribution is -2.16. The van der Waals surface area contributed by atoms with E-state index in [1.807, 2.05) is 13.8 Å². The molecule has 2 aromatic rings. The molecule has 3 N–H and O–H groups in total. The molecule has 1 aromatic carbocycles. The Hall–Kier alpha value is -3.09. The van der Waals surface area contributed by atoms with Gasteiger partial charge in [-0.3, -0.25) is 14.4 Å². The number of aliphatic carboxylic acids is 1. The van der Waals surface area contributed by atoms with E-state index in [1.165, 1.54) is 6.26 Å². The van der Waals surface area contributed by atoms with Gasteiger partial charge in [0.25, 0.3) is 5.91 Å². The smallest absolute Gasteiger partial charge is 0.311 e. The number of furan rings is 1. The van der Waals surface area contributed by atoms with E-state index >= 15 is 0 Å². The van der Waals surface area contributed by atoms with Crippen LogP contribution in [-0.2, 0) is 16.0 Å². The summed E-state index contributed by atoms with van der Waals surface area (Å²) in [6.07, 6.45) is 1.43. The number of rotatable bonds is 7. The summed E-state index contributed by atoms with van der Waals surface area (Å²) in [5.74, 6) is -1.19. The van der Waals surface area contributed by atoms with Crippen molar-refractivity contribution >= 4 is 29.2 Å². The van der Waals surface area contributed by atoms with Crippen LogP contribution in [0.4, 0.5) is 11.4 Å². The van der Waals surface area contributed by atoms with Crippen molar-refractivity contribution in [3.63, 3.8) is 0 Å². The number of nitrogens with one attached hydrogen (secondary N) is 2. The molecule has 0 saturated carbocycles. The van der Waals surface area contributed by atoms with E-state index in [-0.39, 0.29) is 29.6 Å². The van der Waals surface area contributed by atoms with Crippen molar-refractivity contribution < 1.29 is 23.9 Å². The number of carbonyl (C=O) groups excluding carboxylic acids is 2. The van der Waals surface area contributed by atoms with Crippen molar-refractivity contribution in [1.82, 2.24) is 0 Å². The molecule has 138 valence electrons. The highest BCUT2D eigenvalue weighted by Crippen LogP contribution is 2.20. The fourth-order valence-electron chi connectivity index (χ4n) is 2.48. The first kappa shape index (κ1) is 19.2. The molecule has 7 nitrogen and oxygen atoms in total. The standard InChI is InChI=1S/C19H22N2O5/c1-11(2)8-16(22)20-13-4-6-14(7-5-13)21-19(25)18-12(3)10-26-15(18)9-17(23)24/h4-7,10-11H,8-9H2,1-3H3,(H,20,22)(H,21,25)(H,23,24). The van der Waals surface area contributed by atoms with Crippen molar-refractivity contribution in [3.05, 3.63) is 47.4 Å². The van der Waals surface area contributed by atoms with Gasteiger partial charge >= 0.3 is 5.97 Å². The maximum atomic E-state index is 12.4. The Morgan fingerprint density at radius 1 is 1.08 bits per heavy atom. The minimum absolute atomic E-state index is 0.0656. The maximum Gasteiger partial charge on any atom is 0.311 e. The van der Waals surface area contributed by atoms with Gasteiger partial charge in [-0.15, -0.1) is 0 Å². The molecule has 0 bridgehead atoms. The van der Waals surface area contributed by atoms with Crippen LogP contribution in [0.15, 0.2) is 34.9 Å². The van der Waals surface area contributed by atoms with Gasteiger partial charge in [0.05, 0.1) is 11.8 Å². The van der Waals surface area contributed by atoms with Gasteiger partial charge in [0.1, 0.15) is 12.2 Å². The fourth-order valence-corrected chi connectivity index (χ4v) is 2.48. The number of anilines is 2. The highest BCUT2D eigenvalue weighted by atomic mass is 16.4. The summed E-state index contributed by atoms with van der Waals surface area (Å²) in [5, 5.41) is 14.4. The summed E-state index contributed by atoms with van der Waals surface area (Å²) >= 11 is 0. The molecule has 0 radical (unpaired) electrons. The molecule has 0 spiro atoms. The van der Waals surface area contributed by atoms with Crippen LogP contribution in [-0.4, -0.2) is 22.9 Å². The second-order valence-electron chi connectivity index (χ2n) is 6.47. The van der Waals surface area contributed by atoms with Gasteiger partial charge in [-0.05, 0) is 37.1 Å². The average molecular weight is 358 g/mol. The van der Waals surface area contributed by atoms with E-state index in [9.17, 15) is 14.4 Å². The van der Waals surface area contributed by atoms with Gasteiger partial charge in [-0.25, -0.2) is 0 Å². The lowest BCUT2D eigenvalue weighted by Gasteiger charge is -2.09. The molecule has 2 rings (SSSR count). The van der Waals surface area contributed by atoms with Crippen LogP contribution < -0.4 is 10.6 Å². The molecule has 0 atom stereocenters. The Morgan fingerprint density at radius 3 is 2.19 bits per heavy atom. The molecule has 26 heavy (non-hydrogen) atoms. The van der Waals surface area contributed by atoms with E-state index in [1.54, 1.807) is 31.2 Å². The van der Waals surface area contributed by atoms with Crippen LogP contribution in [0.3, 0.4) is 0 Å². The normalized spacial score (nSPS) is 10.6. The van der Waals surface area contributed by atoms with Gasteiger partial charge in [0.15, 0.2) is 0 Å². The zero-order chi connectivity index (χ0) is 19.3. The summed E-state index contributed by atoms with van der Waals surface area (Å²) in [7, 11) is 0. The van der Waals surface area contributed by atoms with E-state index < -0.39 is 11.9 Å². The molecular weight excluding hydrogens is 336 g/mol. The van der Waals surface area contributed by atoms with E-state index in [4.69, 9.17) is 9.52 Å². The average Bonchev–Trinajstić information content (AvgIpc) is 2.88. The molecule has 1 aromatic heterocycles. The predicted molar refractivity (Wildman–Crippen MR) is 97.3 cm³/mol. The Bertz CT molecular complexity index is 806. The largest absolute Gasteiger partial charge is 0.481 e. The van der Waals surface area contributed by atoms with Crippen molar-refractivity contribution in [2.24, 2.45) is 5.92 Å². The molecule has 0 unspecified atom stereocenters. The maximum absolute atomic E-state index is 12.4. The summed E-state index contributed by atoms with van der Waals surface area (Å²) < 4.78 is 5.17.